The van der Waals surface area contributed by atoms with Crippen LogP contribution in [0, 0.1) is 11.7 Å². The van der Waals surface area contributed by atoms with Crippen LogP contribution in [-0.2, 0) is 0 Å². The van der Waals surface area contributed by atoms with Gasteiger partial charge in [0.25, 0.3) is 0 Å². The summed E-state index contributed by atoms with van der Waals surface area (Å²) in [5.74, 6) is 0.930. The number of hydrogen-bond donors (Lipinski definition) is 2. The van der Waals surface area contributed by atoms with Crippen LogP contribution >= 0.6 is 28.1 Å². The predicted octanol–water partition coefficient (Wildman–Crippen LogP) is 5.67. The monoisotopic (exact) mass is 424 g/mol. The number of methoxy groups -OCH3 is 1. The van der Waals surface area contributed by atoms with Gasteiger partial charge >= 0.3 is 0 Å². The summed E-state index contributed by atoms with van der Waals surface area (Å²) in [6.45, 7) is 4.31. The highest BCUT2D eigenvalue weighted by Crippen LogP contribution is 2.24. The third-order valence-electron chi connectivity index (χ3n) is 3.71. The zero-order chi connectivity index (χ0) is 18.4. The first-order valence-electron chi connectivity index (χ1n) is 8.05. The Labute approximate surface area is 162 Å². The Balaban J connectivity index is 2.11. The molecule has 0 heterocycles. The largest absolute Gasteiger partial charge is 0.497 e. The van der Waals surface area contributed by atoms with E-state index in [2.05, 4.69) is 40.4 Å². The first kappa shape index (κ1) is 19.7. The summed E-state index contributed by atoms with van der Waals surface area (Å²) in [4.78, 5) is 0. The van der Waals surface area contributed by atoms with Crippen LogP contribution < -0.4 is 15.4 Å². The molecule has 0 radical (unpaired) electrons. The fourth-order valence-corrected chi connectivity index (χ4v) is 3.08. The number of hydrogen-bond acceptors (Lipinski definition) is 2. The van der Waals surface area contributed by atoms with Crippen molar-refractivity contribution in [1.82, 2.24) is 5.32 Å². The smallest absolute Gasteiger partial charge is 0.171 e. The molecule has 0 aliphatic carbocycles. The van der Waals surface area contributed by atoms with Crippen molar-refractivity contribution in [3.05, 3.63) is 58.3 Å². The summed E-state index contributed by atoms with van der Waals surface area (Å²) in [6, 6.07) is 12.7. The highest BCUT2D eigenvalue weighted by molar-refractivity contribution is 9.10. The van der Waals surface area contributed by atoms with Gasteiger partial charge < -0.3 is 15.4 Å². The predicted molar refractivity (Wildman–Crippen MR) is 109 cm³/mol. The zero-order valence-electron chi connectivity index (χ0n) is 14.5. The molecule has 0 amide bonds. The quantitative estimate of drug-likeness (QED) is 0.585. The molecule has 134 valence electrons. The zero-order valence-corrected chi connectivity index (χ0v) is 16.9. The first-order chi connectivity index (χ1) is 11.9. The molecule has 0 bridgehead atoms. The van der Waals surface area contributed by atoms with Crippen LogP contribution in [0.25, 0.3) is 0 Å². The maximum absolute atomic E-state index is 14.0. The van der Waals surface area contributed by atoms with Gasteiger partial charge in [0, 0.05) is 4.47 Å². The molecule has 2 aromatic rings. The van der Waals surface area contributed by atoms with E-state index in [1.54, 1.807) is 19.2 Å². The van der Waals surface area contributed by atoms with E-state index in [9.17, 15) is 4.39 Å². The molecule has 25 heavy (non-hydrogen) atoms. The van der Waals surface area contributed by atoms with E-state index in [0.717, 1.165) is 17.7 Å². The van der Waals surface area contributed by atoms with Gasteiger partial charge in [-0.05, 0) is 60.5 Å². The van der Waals surface area contributed by atoms with Gasteiger partial charge in [0.15, 0.2) is 5.11 Å². The summed E-state index contributed by atoms with van der Waals surface area (Å²) in [6.07, 6.45) is 0.900. The van der Waals surface area contributed by atoms with Gasteiger partial charge in [0.2, 0.25) is 0 Å². The van der Waals surface area contributed by atoms with Crippen molar-refractivity contribution < 1.29 is 9.13 Å². The molecule has 0 spiro atoms. The molecule has 2 rings (SSSR count). The fourth-order valence-electron chi connectivity index (χ4n) is 2.49. The molecule has 0 saturated heterocycles. The third-order valence-corrected chi connectivity index (χ3v) is 4.42. The van der Waals surface area contributed by atoms with Gasteiger partial charge in [-0.3, -0.25) is 0 Å². The van der Waals surface area contributed by atoms with E-state index in [1.807, 2.05) is 24.3 Å². The van der Waals surface area contributed by atoms with E-state index >= 15 is 0 Å². The molecule has 3 nitrogen and oxygen atoms in total. The second-order valence-electron chi connectivity index (χ2n) is 6.18. The molecule has 0 unspecified atom stereocenters. The molecule has 0 saturated carbocycles. The first-order valence-corrected chi connectivity index (χ1v) is 9.25. The van der Waals surface area contributed by atoms with E-state index < -0.39 is 0 Å². The lowest BCUT2D eigenvalue weighted by atomic mass is 9.97. The van der Waals surface area contributed by atoms with Crippen molar-refractivity contribution >= 4 is 38.9 Å². The average Bonchev–Trinajstić information content (AvgIpc) is 2.56. The van der Waals surface area contributed by atoms with Crippen LogP contribution in [0.15, 0.2) is 46.9 Å². The number of benzene rings is 2. The van der Waals surface area contributed by atoms with Crippen molar-refractivity contribution in [2.75, 3.05) is 12.4 Å². The Bertz CT molecular complexity index is 722. The Morgan fingerprint density at radius 3 is 2.44 bits per heavy atom. The number of ether oxygens (including phenoxy) is 1. The maximum atomic E-state index is 14.0. The lowest BCUT2D eigenvalue weighted by Gasteiger charge is -2.23. The number of halogens is 2. The molecule has 1 atom stereocenters. The molecule has 0 aliphatic heterocycles. The highest BCUT2D eigenvalue weighted by Gasteiger charge is 2.15. The van der Waals surface area contributed by atoms with E-state index in [0.29, 0.717) is 21.2 Å². The van der Waals surface area contributed by atoms with Crippen molar-refractivity contribution in [3.63, 3.8) is 0 Å². The summed E-state index contributed by atoms with van der Waals surface area (Å²) in [7, 11) is 1.64. The number of anilines is 1. The van der Waals surface area contributed by atoms with Gasteiger partial charge in [-0.1, -0.05) is 41.9 Å². The molecular formula is C19H22BrFN2OS. The molecule has 0 aromatic heterocycles. The number of thiocarbonyl (C=S) groups is 1. The standard InChI is InChI=1S/C19H22BrFN2OS/c1-12(2)10-18(13-4-7-15(24-3)8-5-13)23-19(25)22-17-9-6-14(20)11-16(17)21/h4-9,11-12,18H,10H2,1-3H3,(H2,22,23,25)/t18-/m0/s1. The fraction of sp³-hybridized carbons (Fsp3) is 0.316. The molecule has 2 N–H and O–H groups in total. The van der Waals surface area contributed by atoms with Crippen LogP contribution in [0.2, 0.25) is 0 Å². The minimum atomic E-state index is -0.358. The minimum Gasteiger partial charge on any atom is -0.497 e. The Morgan fingerprint density at radius 1 is 1.20 bits per heavy atom. The minimum absolute atomic E-state index is 0.0319. The van der Waals surface area contributed by atoms with Gasteiger partial charge in [0.05, 0.1) is 18.8 Å². The average molecular weight is 425 g/mol. The van der Waals surface area contributed by atoms with E-state index in [-0.39, 0.29) is 11.9 Å². The van der Waals surface area contributed by atoms with Crippen LogP contribution in [0.5, 0.6) is 5.75 Å². The highest BCUT2D eigenvalue weighted by atomic mass is 79.9. The number of rotatable bonds is 6. The molecule has 2 aromatic carbocycles. The third kappa shape index (κ3) is 5.97. The second kappa shape index (κ2) is 9.15. The molecule has 0 aliphatic rings. The Kier molecular flexibility index (Phi) is 7.20. The van der Waals surface area contributed by atoms with Gasteiger partial charge in [-0.25, -0.2) is 4.39 Å². The second-order valence-corrected chi connectivity index (χ2v) is 7.50. The maximum Gasteiger partial charge on any atom is 0.171 e. The normalized spacial score (nSPS) is 11.9. The van der Waals surface area contributed by atoms with Gasteiger partial charge in [-0.2, -0.15) is 0 Å². The van der Waals surface area contributed by atoms with Crippen molar-refractivity contribution in [3.8, 4) is 5.75 Å². The van der Waals surface area contributed by atoms with E-state index in [1.165, 1.54) is 6.07 Å². The van der Waals surface area contributed by atoms with Crippen LogP contribution in [0.3, 0.4) is 0 Å². The Morgan fingerprint density at radius 2 is 1.88 bits per heavy atom. The SMILES string of the molecule is COc1ccc([C@H](CC(C)C)NC(=S)Nc2ccc(Br)cc2F)cc1. The van der Waals surface area contributed by atoms with Crippen LogP contribution in [0.4, 0.5) is 10.1 Å². The number of nitrogens with one attached hydrogen (secondary N) is 2. The van der Waals surface area contributed by atoms with Crippen molar-refractivity contribution in [2.24, 2.45) is 5.92 Å². The molecule has 0 fully saturated rings. The van der Waals surface area contributed by atoms with Crippen LogP contribution in [0.1, 0.15) is 31.9 Å². The lowest BCUT2D eigenvalue weighted by Crippen LogP contribution is -2.33. The lowest BCUT2D eigenvalue weighted by molar-refractivity contribution is 0.414. The summed E-state index contributed by atoms with van der Waals surface area (Å²) in [5.41, 5.74) is 1.45. The molecular weight excluding hydrogens is 403 g/mol. The van der Waals surface area contributed by atoms with Crippen molar-refractivity contribution in [1.29, 1.82) is 0 Å². The topological polar surface area (TPSA) is 33.3 Å². The summed E-state index contributed by atoms with van der Waals surface area (Å²) >= 11 is 8.63. The van der Waals surface area contributed by atoms with E-state index in [4.69, 9.17) is 17.0 Å². The summed E-state index contributed by atoms with van der Waals surface area (Å²) in [5, 5.41) is 6.62. The van der Waals surface area contributed by atoms with Gasteiger partial charge in [0.1, 0.15) is 11.6 Å². The molecule has 6 heteroatoms. The summed E-state index contributed by atoms with van der Waals surface area (Å²) < 4.78 is 19.9. The van der Waals surface area contributed by atoms with Crippen LogP contribution in [-0.4, -0.2) is 12.2 Å². The Hall–Kier alpha value is -1.66. The van der Waals surface area contributed by atoms with Gasteiger partial charge in [-0.15, -0.1) is 0 Å². The van der Waals surface area contributed by atoms with Crippen molar-refractivity contribution in [2.45, 2.75) is 26.3 Å².